The molecular formula is C20H23N5OS. The number of pyridine rings is 1. The zero-order valence-corrected chi connectivity index (χ0v) is 16.3. The van der Waals surface area contributed by atoms with E-state index in [2.05, 4.69) is 35.7 Å². The number of carbonyl (C=O) groups is 1. The number of fused-ring (bicyclic) bond motifs is 1. The molecule has 0 radical (unpaired) electrons. The van der Waals surface area contributed by atoms with Gasteiger partial charge in [-0.2, -0.15) is 5.10 Å². The van der Waals surface area contributed by atoms with Crippen molar-refractivity contribution in [2.24, 2.45) is 0 Å². The van der Waals surface area contributed by atoms with Crippen LogP contribution in [0.1, 0.15) is 36.7 Å². The van der Waals surface area contributed by atoms with Crippen molar-refractivity contribution in [3.8, 4) is 10.6 Å². The van der Waals surface area contributed by atoms with Crippen LogP contribution in [0.15, 0.2) is 41.4 Å². The van der Waals surface area contributed by atoms with Crippen molar-refractivity contribution >= 4 is 28.3 Å². The number of nitrogens with zero attached hydrogens (tertiary/aromatic N) is 3. The van der Waals surface area contributed by atoms with Gasteiger partial charge in [-0.3, -0.25) is 4.79 Å². The van der Waals surface area contributed by atoms with Gasteiger partial charge in [0.05, 0.1) is 27.7 Å². The lowest BCUT2D eigenvalue weighted by Crippen LogP contribution is -2.29. The van der Waals surface area contributed by atoms with Gasteiger partial charge < -0.3 is 10.6 Å². The number of thiophene rings is 1. The van der Waals surface area contributed by atoms with Gasteiger partial charge in [0.25, 0.3) is 5.91 Å². The van der Waals surface area contributed by atoms with Gasteiger partial charge in [-0.15, -0.1) is 11.3 Å². The fourth-order valence-electron chi connectivity index (χ4n) is 3.25. The van der Waals surface area contributed by atoms with Crippen LogP contribution in [0.2, 0.25) is 0 Å². The van der Waals surface area contributed by atoms with Crippen LogP contribution >= 0.6 is 11.3 Å². The van der Waals surface area contributed by atoms with Gasteiger partial charge in [-0.1, -0.05) is 17.7 Å². The van der Waals surface area contributed by atoms with E-state index in [1.165, 1.54) is 5.57 Å². The molecule has 7 heteroatoms. The normalized spacial score (nSPS) is 14.6. The topological polar surface area (TPSA) is 71.8 Å². The third kappa shape index (κ3) is 3.65. The predicted molar refractivity (Wildman–Crippen MR) is 109 cm³/mol. The Morgan fingerprint density at radius 3 is 3.04 bits per heavy atom. The maximum atomic E-state index is 13.0. The molecule has 27 heavy (non-hydrogen) atoms. The molecule has 6 nitrogen and oxygen atoms in total. The van der Waals surface area contributed by atoms with E-state index in [4.69, 9.17) is 4.98 Å². The molecule has 2 N–H and O–H groups in total. The maximum absolute atomic E-state index is 13.0. The van der Waals surface area contributed by atoms with E-state index < -0.39 is 0 Å². The van der Waals surface area contributed by atoms with Crippen molar-refractivity contribution in [3.05, 3.63) is 47.0 Å². The third-order valence-electron chi connectivity index (χ3n) is 4.71. The zero-order chi connectivity index (χ0) is 18.8. The molecule has 0 unspecified atom stereocenters. The lowest BCUT2D eigenvalue weighted by molar-refractivity contribution is 0.0958. The van der Waals surface area contributed by atoms with Gasteiger partial charge in [0.1, 0.15) is 0 Å². The number of hydrogen-bond donors (Lipinski definition) is 2. The summed E-state index contributed by atoms with van der Waals surface area (Å²) in [6.45, 7) is 6.54. The molecule has 4 rings (SSSR count). The minimum Gasteiger partial charge on any atom is -0.348 e. The third-order valence-corrected chi connectivity index (χ3v) is 5.60. The highest BCUT2D eigenvalue weighted by atomic mass is 32.1. The average molecular weight is 382 g/mol. The molecule has 0 aliphatic carbocycles. The van der Waals surface area contributed by atoms with Crippen LogP contribution in [0.3, 0.4) is 0 Å². The summed E-state index contributed by atoms with van der Waals surface area (Å²) in [6.07, 6.45) is 4.87. The van der Waals surface area contributed by atoms with E-state index in [-0.39, 0.29) is 11.9 Å². The van der Waals surface area contributed by atoms with Gasteiger partial charge in [0, 0.05) is 19.1 Å². The van der Waals surface area contributed by atoms with Crippen molar-refractivity contribution < 1.29 is 4.79 Å². The van der Waals surface area contributed by atoms with E-state index >= 15 is 0 Å². The van der Waals surface area contributed by atoms with Crippen molar-refractivity contribution in [2.45, 2.75) is 26.3 Å². The molecule has 0 aromatic carbocycles. The molecule has 3 aromatic heterocycles. The van der Waals surface area contributed by atoms with E-state index in [1.807, 2.05) is 28.3 Å². The molecule has 0 fully saturated rings. The minimum absolute atomic E-state index is 0.0806. The number of carbonyl (C=O) groups excluding carboxylic acids is 1. The molecule has 1 aliphatic rings. The largest absolute Gasteiger partial charge is 0.348 e. The summed E-state index contributed by atoms with van der Waals surface area (Å²) in [5.74, 6) is -0.0806. The van der Waals surface area contributed by atoms with Gasteiger partial charge in [0.2, 0.25) is 0 Å². The van der Waals surface area contributed by atoms with Crippen molar-refractivity contribution in [3.63, 3.8) is 0 Å². The molecule has 0 saturated heterocycles. The first kappa shape index (κ1) is 17.9. The highest BCUT2D eigenvalue weighted by Crippen LogP contribution is 2.28. The number of hydrogen-bond acceptors (Lipinski definition) is 5. The standard InChI is InChI=1S/C20H23N5OS/c1-13(2)25-19-16(12-23-25)15(10-17(24-19)18-4-3-9-27-18)20(26)22-11-14-5-7-21-8-6-14/h3-5,9-10,12-13,21H,6-8,11H2,1-2H3,(H,22,26). The van der Waals surface area contributed by atoms with E-state index in [1.54, 1.807) is 17.5 Å². The number of amides is 1. The highest BCUT2D eigenvalue weighted by Gasteiger charge is 2.19. The quantitative estimate of drug-likeness (QED) is 0.665. The van der Waals surface area contributed by atoms with Crippen LogP contribution in [0, 0.1) is 0 Å². The van der Waals surface area contributed by atoms with Crippen molar-refractivity contribution in [2.75, 3.05) is 19.6 Å². The van der Waals surface area contributed by atoms with Crippen molar-refractivity contribution in [1.82, 2.24) is 25.4 Å². The Morgan fingerprint density at radius 2 is 2.33 bits per heavy atom. The van der Waals surface area contributed by atoms with Crippen LogP contribution in [0.25, 0.3) is 21.6 Å². The molecule has 0 bridgehead atoms. The summed E-state index contributed by atoms with van der Waals surface area (Å²) in [7, 11) is 0. The van der Waals surface area contributed by atoms with Gasteiger partial charge in [-0.05, 0) is 44.3 Å². The summed E-state index contributed by atoms with van der Waals surface area (Å²) in [5.41, 5.74) is 3.46. The summed E-state index contributed by atoms with van der Waals surface area (Å²) in [5, 5.41) is 13.6. The highest BCUT2D eigenvalue weighted by molar-refractivity contribution is 7.13. The molecule has 1 amide bonds. The van der Waals surface area contributed by atoms with Crippen LogP contribution in [-0.4, -0.2) is 40.3 Å². The predicted octanol–water partition coefficient (Wildman–Crippen LogP) is 3.39. The summed E-state index contributed by atoms with van der Waals surface area (Å²) in [6, 6.07) is 6.07. The van der Waals surface area contributed by atoms with Crippen LogP contribution < -0.4 is 10.6 Å². The Morgan fingerprint density at radius 1 is 1.44 bits per heavy atom. The Kier molecular flexibility index (Phi) is 5.05. The molecular weight excluding hydrogens is 358 g/mol. The van der Waals surface area contributed by atoms with E-state index in [0.29, 0.717) is 12.1 Å². The molecule has 1 aliphatic heterocycles. The SMILES string of the molecule is CC(C)n1ncc2c(C(=O)NCC3=CCNCC3)cc(-c3cccs3)nc21. The second kappa shape index (κ2) is 7.62. The lowest BCUT2D eigenvalue weighted by Gasteiger charge is -2.15. The summed E-state index contributed by atoms with van der Waals surface area (Å²) < 4.78 is 1.87. The van der Waals surface area contributed by atoms with Crippen LogP contribution in [-0.2, 0) is 0 Å². The van der Waals surface area contributed by atoms with Gasteiger partial charge >= 0.3 is 0 Å². The van der Waals surface area contributed by atoms with Gasteiger partial charge in [-0.25, -0.2) is 9.67 Å². The fourth-order valence-corrected chi connectivity index (χ4v) is 3.94. The monoisotopic (exact) mass is 381 g/mol. The Hall–Kier alpha value is -2.51. The molecule has 0 saturated carbocycles. The first-order chi connectivity index (χ1) is 13.1. The molecule has 0 spiro atoms. The molecule has 4 heterocycles. The Bertz CT molecular complexity index is 987. The van der Waals surface area contributed by atoms with Gasteiger partial charge in [0.15, 0.2) is 5.65 Å². The second-order valence-electron chi connectivity index (χ2n) is 6.95. The maximum Gasteiger partial charge on any atom is 0.252 e. The first-order valence-corrected chi connectivity index (χ1v) is 10.1. The van der Waals surface area contributed by atoms with E-state index in [0.717, 1.165) is 41.1 Å². The Balaban J connectivity index is 1.71. The minimum atomic E-state index is -0.0806. The van der Waals surface area contributed by atoms with Crippen LogP contribution in [0.4, 0.5) is 0 Å². The fraction of sp³-hybridized carbons (Fsp3) is 0.350. The first-order valence-electron chi connectivity index (χ1n) is 9.22. The summed E-state index contributed by atoms with van der Waals surface area (Å²) >= 11 is 1.62. The molecule has 3 aromatic rings. The molecule has 0 atom stereocenters. The Labute approximate surface area is 162 Å². The van der Waals surface area contributed by atoms with Crippen molar-refractivity contribution in [1.29, 1.82) is 0 Å². The average Bonchev–Trinajstić information content (AvgIpc) is 3.35. The van der Waals surface area contributed by atoms with E-state index in [9.17, 15) is 4.79 Å². The van der Waals surface area contributed by atoms with Crippen LogP contribution in [0.5, 0.6) is 0 Å². The second-order valence-corrected chi connectivity index (χ2v) is 7.90. The number of rotatable bonds is 5. The smallest absolute Gasteiger partial charge is 0.252 e. The molecule has 140 valence electrons. The summed E-state index contributed by atoms with van der Waals surface area (Å²) in [4.78, 5) is 18.8. The zero-order valence-electron chi connectivity index (χ0n) is 15.5. The number of aromatic nitrogens is 3. The lowest BCUT2D eigenvalue weighted by atomic mass is 10.1. The number of nitrogens with one attached hydrogen (secondary N) is 2.